The van der Waals surface area contributed by atoms with Gasteiger partial charge in [-0.15, -0.1) is 0 Å². The predicted molar refractivity (Wildman–Crippen MR) is 75.3 cm³/mol. The van der Waals surface area contributed by atoms with Crippen LogP contribution in [0.4, 0.5) is 4.79 Å². The second-order valence-electron chi connectivity index (χ2n) is 5.09. The van der Waals surface area contributed by atoms with E-state index in [2.05, 4.69) is 10.2 Å². The van der Waals surface area contributed by atoms with E-state index in [9.17, 15) is 9.90 Å². The van der Waals surface area contributed by atoms with Crippen LogP contribution in [0.5, 0.6) is 0 Å². The summed E-state index contributed by atoms with van der Waals surface area (Å²) in [6.07, 6.45) is 2.10. The molecular weight excluding hydrogens is 258 g/mol. The lowest BCUT2D eigenvalue weighted by atomic mass is 10.2. The molecule has 1 aliphatic heterocycles. The van der Waals surface area contributed by atoms with Gasteiger partial charge in [0.15, 0.2) is 0 Å². The van der Waals surface area contributed by atoms with Crippen LogP contribution in [-0.4, -0.2) is 59.8 Å². The fourth-order valence-electron chi connectivity index (χ4n) is 2.25. The zero-order chi connectivity index (χ0) is 14.4. The molecule has 6 nitrogen and oxygen atoms in total. The molecule has 0 radical (unpaired) electrons. The molecule has 2 heterocycles. The van der Waals surface area contributed by atoms with E-state index < -0.39 is 0 Å². The van der Waals surface area contributed by atoms with E-state index >= 15 is 0 Å². The van der Waals surface area contributed by atoms with Gasteiger partial charge in [-0.05, 0) is 18.6 Å². The number of furan rings is 1. The van der Waals surface area contributed by atoms with E-state index in [-0.39, 0.29) is 12.1 Å². The van der Waals surface area contributed by atoms with E-state index in [1.807, 2.05) is 13.0 Å². The first kappa shape index (κ1) is 14.9. The average molecular weight is 281 g/mol. The van der Waals surface area contributed by atoms with Gasteiger partial charge in [-0.2, -0.15) is 0 Å². The molecule has 0 spiro atoms. The van der Waals surface area contributed by atoms with Crippen LogP contribution >= 0.6 is 0 Å². The van der Waals surface area contributed by atoms with Crippen molar-refractivity contribution in [3.8, 4) is 0 Å². The Kier molecular flexibility index (Phi) is 5.43. The average Bonchev–Trinajstić information content (AvgIpc) is 2.98. The van der Waals surface area contributed by atoms with Crippen LogP contribution < -0.4 is 5.32 Å². The van der Waals surface area contributed by atoms with Crippen molar-refractivity contribution in [2.45, 2.75) is 26.0 Å². The molecule has 2 amide bonds. The minimum absolute atomic E-state index is 0.0583. The van der Waals surface area contributed by atoms with Crippen molar-refractivity contribution >= 4 is 6.03 Å². The number of carbonyl (C=O) groups excluding carboxylic acids is 1. The number of rotatable bonds is 5. The number of β-amino-alcohol motifs (C(OH)–C–C–N with tert-alkyl or cyclic N) is 1. The Bertz CT molecular complexity index is 400. The molecule has 0 aromatic carbocycles. The maximum Gasteiger partial charge on any atom is 0.317 e. The number of amides is 2. The van der Waals surface area contributed by atoms with Crippen LogP contribution in [0.1, 0.15) is 19.1 Å². The Hall–Kier alpha value is -1.53. The number of aliphatic hydroxyl groups is 1. The third-order valence-corrected chi connectivity index (χ3v) is 3.59. The van der Waals surface area contributed by atoms with Crippen LogP contribution in [0.3, 0.4) is 0 Å². The van der Waals surface area contributed by atoms with Gasteiger partial charge in [0, 0.05) is 32.7 Å². The molecule has 2 rings (SSSR count). The monoisotopic (exact) mass is 281 g/mol. The molecule has 0 bridgehead atoms. The second kappa shape index (κ2) is 7.31. The van der Waals surface area contributed by atoms with Gasteiger partial charge in [0.25, 0.3) is 0 Å². The minimum Gasteiger partial charge on any atom is -0.467 e. The zero-order valence-electron chi connectivity index (χ0n) is 11.9. The first-order chi connectivity index (χ1) is 9.69. The summed E-state index contributed by atoms with van der Waals surface area (Å²) in [6, 6.07) is 3.58. The Labute approximate surface area is 119 Å². The van der Waals surface area contributed by atoms with E-state index in [1.54, 1.807) is 17.2 Å². The molecule has 0 unspecified atom stereocenters. The summed E-state index contributed by atoms with van der Waals surface area (Å²) in [5.74, 6) is 0.753. The lowest BCUT2D eigenvalue weighted by molar-refractivity contribution is 0.0790. The van der Waals surface area contributed by atoms with Crippen LogP contribution in [-0.2, 0) is 6.54 Å². The summed E-state index contributed by atoms with van der Waals surface area (Å²) in [5, 5.41) is 12.5. The predicted octanol–water partition coefficient (Wildman–Crippen LogP) is 0.878. The first-order valence-electron chi connectivity index (χ1n) is 7.14. The highest BCUT2D eigenvalue weighted by Crippen LogP contribution is 2.05. The largest absolute Gasteiger partial charge is 0.467 e. The number of piperazine rings is 1. The summed E-state index contributed by atoms with van der Waals surface area (Å²) in [4.78, 5) is 16.0. The number of nitrogens with zero attached hydrogens (tertiary/aromatic N) is 2. The van der Waals surface area contributed by atoms with Crippen molar-refractivity contribution in [2.24, 2.45) is 0 Å². The topological polar surface area (TPSA) is 69.0 Å². The van der Waals surface area contributed by atoms with Gasteiger partial charge in [-0.3, -0.25) is 4.90 Å². The quantitative estimate of drug-likeness (QED) is 0.840. The molecule has 1 aliphatic rings. The number of hydrogen-bond donors (Lipinski definition) is 2. The van der Waals surface area contributed by atoms with Gasteiger partial charge in [0.1, 0.15) is 5.76 Å². The molecule has 0 aliphatic carbocycles. The molecule has 2 N–H and O–H groups in total. The van der Waals surface area contributed by atoms with Crippen molar-refractivity contribution in [3.63, 3.8) is 0 Å². The maximum atomic E-state index is 12.0. The van der Waals surface area contributed by atoms with Crippen LogP contribution in [0.25, 0.3) is 0 Å². The molecule has 112 valence electrons. The first-order valence-corrected chi connectivity index (χ1v) is 7.14. The summed E-state index contributed by atoms with van der Waals surface area (Å²) in [5.41, 5.74) is 0. The van der Waals surface area contributed by atoms with Gasteiger partial charge in [-0.25, -0.2) is 4.79 Å². The molecule has 1 fully saturated rings. The SMILES string of the molecule is CC[C@H](O)CN1CCN(C(=O)NCc2ccco2)CC1. The van der Waals surface area contributed by atoms with Crippen molar-refractivity contribution in [3.05, 3.63) is 24.2 Å². The van der Waals surface area contributed by atoms with Gasteiger partial charge in [-0.1, -0.05) is 6.92 Å². The molecule has 20 heavy (non-hydrogen) atoms. The van der Waals surface area contributed by atoms with Gasteiger partial charge < -0.3 is 19.7 Å². The maximum absolute atomic E-state index is 12.0. The Morgan fingerprint density at radius 3 is 2.80 bits per heavy atom. The van der Waals surface area contributed by atoms with Crippen molar-refractivity contribution in [1.82, 2.24) is 15.1 Å². The summed E-state index contributed by atoms with van der Waals surface area (Å²) >= 11 is 0. The fourth-order valence-corrected chi connectivity index (χ4v) is 2.25. The van der Waals surface area contributed by atoms with Crippen molar-refractivity contribution in [2.75, 3.05) is 32.7 Å². The summed E-state index contributed by atoms with van der Waals surface area (Å²) < 4.78 is 5.18. The molecule has 6 heteroatoms. The third kappa shape index (κ3) is 4.25. The van der Waals surface area contributed by atoms with E-state index in [4.69, 9.17) is 4.42 Å². The van der Waals surface area contributed by atoms with Crippen LogP contribution in [0.15, 0.2) is 22.8 Å². The molecule has 1 aromatic rings. The summed E-state index contributed by atoms with van der Waals surface area (Å²) in [7, 11) is 0. The van der Waals surface area contributed by atoms with Crippen LogP contribution in [0.2, 0.25) is 0 Å². The van der Waals surface area contributed by atoms with E-state index in [0.29, 0.717) is 26.2 Å². The fraction of sp³-hybridized carbons (Fsp3) is 0.643. The normalized spacial score (nSPS) is 18.0. The van der Waals surface area contributed by atoms with Gasteiger partial charge in [0.05, 0.1) is 18.9 Å². The van der Waals surface area contributed by atoms with E-state index in [1.165, 1.54) is 0 Å². The molecule has 1 saturated heterocycles. The smallest absolute Gasteiger partial charge is 0.317 e. The summed E-state index contributed by atoms with van der Waals surface area (Å²) in [6.45, 7) is 6.10. The highest BCUT2D eigenvalue weighted by molar-refractivity contribution is 5.74. The Morgan fingerprint density at radius 2 is 2.20 bits per heavy atom. The molecule has 1 aromatic heterocycles. The molecular formula is C14H23N3O3. The van der Waals surface area contributed by atoms with Crippen molar-refractivity contribution in [1.29, 1.82) is 0 Å². The Morgan fingerprint density at radius 1 is 1.45 bits per heavy atom. The number of aliphatic hydroxyl groups excluding tert-OH is 1. The lowest BCUT2D eigenvalue weighted by Crippen LogP contribution is -2.52. The molecule has 1 atom stereocenters. The number of carbonyl (C=O) groups is 1. The van der Waals surface area contributed by atoms with E-state index in [0.717, 1.165) is 25.3 Å². The minimum atomic E-state index is -0.269. The number of urea groups is 1. The van der Waals surface area contributed by atoms with Gasteiger partial charge in [0.2, 0.25) is 0 Å². The lowest BCUT2D eigenvalue weighted by Gasteiger charge is -2.35. The van der Waals surface area contributed by atoms with Gasteiger partial charge >= 0.3 is 6.03 Å². The standard InChI is InChI=1S/C14H23N3O3/c1-2-12(18)11-16-5-7-17(8-6-16)14(19)15-10-13-4-3-9-20-13/h3-4,9,12,18H,2,5-8,10-11H2,1H3,(H,15,19)/t12-/m0/s1. The number of nitrogens with one attached hydrogen (secondary N) is 1. The Balaban J connectivity index is 1.69. The second-order valence-corrected chi connectivity index (χ2v) is 5.09. The third-order valence-electron chi connectivity index (χ3n) is 3.59. The highest BCUT2D eigenvalue weighted by Gasteiger charge is 2.21. The highest BCUT2D eigenvalue weighted by atomic mass is 16.3. The van der Waals surface area contributed by atoms with Crippen LogP contribution in [0, 0.1) is 0 Å². The molecule has 0 saturated carbocycles. The number of hydrogen-bond acceptors (Lipinski definition) is 4. The zero-order valence-corrected chi connectivity index (χ0v) is 11.9. The van der Waals surface area contributed by atoms with Crippen molar-refractivity contribution < 1.29 is 14.3 Å².